The van der Waals surface area contributed by atoms with E-state index in [1.165, 1.54) is 41.0 Å². The summed E-state index contributed by atoms with van der Waals surface area (Å²) < 4.78 is 34.2. The minimum atomic E-state index is -0.440. The smallest absolute Gasteiger partial charge is 0.275 e. The van der Waals surface area contributed by atoms with Crippen molar-refractivity contribution in [2.75, 3.05) is 12.4 Å². The van der Waals surface area contributed by atoms with Crippen LogP contribution in [0.15, 0.2) is 89.7 Å². The number of carbonyl (C=O) groups is 1. The summed E-state index contributed by atoms with van der Waals surface area (Å²) in [5.74, 6) is -0.0596. The van der Waals surface area contributed by atoms with Gasteiger partial charge in [-0.1, -0.05) is 19.1 Å². The number of anilines is 1. The number of benzene rings is 3. The van der Waals surface area contributed by atoms with Crippen molar-refractivity contribution >= 4 is 11.6 Å². The van der Waals surface area contributed by atoms with E-state index in [2.05, 4.69) is 10.6 Å². The molecule has 1 amide bonds. The summed E-state index contributed by atoms with van der Waals surface area (Å²) in [5.41, 5.74) is 1.72. The van der Waals surface area contributed by atoms with E-state index in [0.29, 0.717) is 29.2 Å². The predicted molar refractivity (Wildman–Crippen MR) is 140 cm³/mol. The first-order valence-electron chi connectivity index (χ1n) is 11.9. The van der Waals surface area contributed by atoms with Crippen LogP contribution in [0.3, 0.4) is 0 Å². The van der Waals surface area contributed by atoms with Crippen LogP contribution >= 0.6 is 0 Å². The van der Waals surface area contributed by atoms with Crippen LogP contribution in [0.5, 0.6) is 11.5 Å². The third kappa shape index (κ3) is 6.29. The maximum absolute atomic E-state index is 13.6. The largest absolute Gasteiger partial charge is 0.457 e. The first-order valence-corrected chi connectivity index (χ1v) is 11.9. The van der Waals surface area contributed by atoms with Crippen molar-refractivity contribution in [3.05, 3.63) is 112 Å². The van der Waals surface area contributed by atoms with Crippen molar-refractivity contribution in [3.63, 3.8) is 0 Å². The number of rotatable bonds is 9. The molecule has 0 fully saturated rings. The Balaban J connectivity index is 1.70. The highest BCUT2D eigenvalue weighted by Gasteiger charge is 2.18. The molecule has 0 aliphatic rings. The molecule has 8 heteroatoms. The van der Waals surface area contributed by atoms with Gasteiger partial charge in [0.2, 0.25) is 5.91 Å². The van der Waals surface area contributed by atoms with Crippen molar-refractivity contribution in [3.8, 4) is 22.8 Å². The molecule has 1 heterocycles. The molecule has 1 atom stereocenters. The molecule has 0 spiro atoms. The lowest BCUT2D eigenvalue weighted by molar-refractivity contribution is -0.118. The van der Waals surface area contributed by atoms with Gasteiger partial charge in [0, 0.05) is 0 Å². The molecule has 3 aromatic carbocycles. The van der Waals surface area contributed by atoms with Crippen molar-refractivity contribution in [1.82, 2.24) is 9.88 Å². The topological polar surface area (TPSA) is 72.4 Å². The summed E-state index contributed by atoms with van der Waals surface area (Å²) in [6.07, 6.45) is 0.561. The molecule has 0 bridgehead atoms. The van der Waals surface area contributed by atoms with Crippen LogP contribution in [-0.2, 0) is 11.3 Å². The number of hydrogen-bond acceptors (Lipinski definition) is 4. The Morgan fingerprint density at radius 2 is 1.59 bits per heavy atom. The van der Waals surface area contributed by atoms with Gasteiger partial charge in [-0.3, -0.25) is 9.59 Å². The number of pyridine rings is 1. The van der Waals surface area contributed by atoms with Crippen LogP contribution in [0.2, 0.25) is 0 Å². The quantitative estimate of drug-likeness (QED) is 0.313. The van der Waals surface area contributed by atoms with E-state index in [0.717, 1.165) is 5.56 Å². The third-order valence-electron chi connectivity index (χ3n) is 5.93. The van der Waals surface area contributed by atoms with Gasteiger partial charge in [0.1, 0.15) is 28.8 Å². The molecule has 4 rings (SSSR count). The Morgan fingerprint density at radius 1 is 0.919 bits per heavy atom. The number of likely N-dealkylation sites (N-methyl/N-ethyl adjacent to an activating group) is 1. The second-order valence-electron chi connectivity index (χ2n) is 8.47. The molecular weight excluding hydrogens is 476 g/mol. The molecule has 2 N–H and O–H groups in total. The molecule has 0 saturated carbocycles. The van der Waals surface area contributed by atoms with Gasteiger partial charge in [0.05, 0.1) is 18.3 Å². The second kappa shape index (κ2) is 11.6. The maximum Gasteiger partial charge on any atom is 0.275 e. The van der Waals surface area contributed by atoms with Crippen molar-refractivity contribution < 1.29 is 18.3 Å². The fourth-order valence-corrected chi connectivity index (χ4v) is 3.97. The highest BCUT2D eigenvalue weighted by molar-refractivity contribution is 5.94. The minimum absolute atomic E-state index is 0.142. The summed E-state index contributed by atoms with van der Waals surface area (Å²) in [4.78, 5) is 26.2. The molecule has 0 aliphatic heterocycles. The number of carbonyl (C=O) groups excluding carboxylic acids is 1. The van der Waals surface area contributed by atoms with E-state index in [4.69, 9.17) is 4.74 Å². The standard InChI is InChI=1S/C29H27F2N3O3/c1-3-25(32-2)28(35)33-26-15-16-27(20-7-9-21(30)10-8-20)34(29(26)36)18-19-5-4-6-24(17-19)37-23-13-11-22(31)12-14-23/h4-17,25,32H,3,18H2,1-2H3,(H,33,35). The number of hydrogen-bond donors (Lipinski definition) is 2. The summed E-state index contributed by atoms with van der Waals surface area (Å²) in [5, 5.41) is 5.65. The zero-order chi connectivity index (χ0) is 26.4. The van der Waals surface area contributed by atoms with E-state index in [1.54, 1.807) is 49.5 Å². The molecule has 190 valence electrons. The lowest BCUT2D eigenvalue weighted by atomic mass is 10.1. The van der Waals surface area contributed by atoms with Crippen molar-refractivity contribution in [1.29, 1.82) is 0 Å². The Bertz CT molecular complexity index is 1430. The Hall–Kier alpha value is -4.30. The summed E-state index contributed by atoms with van der Waals surface area (Å²) in [7, 11) is 1.69. The van der Waals surface area contributed by atoms with Crippen LogP contribution in [-0.4, -0.2) is 23.6 Å². The van der Waals surface area contributed by atoms with Gasteiger partial charge in [-0.05, 0) is 97.4 Å². The zero-order valence-corrected chi connectivity index (χ0v) is 20.5. The Morgan fingerprint density at radius 3 is 2.24 bits per heavy atom. The third-order valence-corrected chi connectivity index (χ3v) is 5.93. The Kier molecular flexibility index (Phi) is 8.10. The van der Waals surface area contributed by atoms with Gasteiger partial charge < -0.3 is 19.9 Å². The van der Waals surface area contributed by atoms with E-state index in [1.807, 2.05) is 13.0 Å². The van der Waals surface area contributed by atoms with Gasteiger partial charge >= 0.3 is 0 Å². The number of amides is 1. The zero-order valence-electron chi connectivity index (χ0n) is 20.5. The molecule has 37 heavy (non-hydrogen) atoms. The normalized spacial score (nSPS) is 11.7. The predicted octanol–water partition coefficient (Wildman–Crippen LogP) is 5.57. The lowest BCUT2D eigenvalue weighted by Gasteiger charge is -2.18. The van der Waals surface area contributed by atoms with Gasteiger partial charge in [-0.25, -0.2) is 8.78 Å². The van der Waals surface area contributed by atoms with E-state index in [9.17, 15) is 18.4 Å². The van der Waals surface area contributed by atoms with Gasteiger partial charge in [0.25, 0.3) is 5.56 Å². The van der Waals surface area contributed by atoms with E-state index >= 15 is 0 Å². The maximum atomic E-state index is 13.6. The van der Waals surface area contributed by atoms with Crippen LogP contribution in [0.25, 0.3) is 11.3 Å². The fourth-order valence-electron chi connectivity index (χ4n) is 3.97. The molecule has 6 nitrogen and oxygen atoms in total. The average Bonchev–Trinajstić information content (AvgIpc) is 2.89. The minimum Gasteiger partial charge on any atom is -0.457 e. The summed E-state index contributed by atoms with van der Waals surface area (Å²) >= 11 is 0. The highest BCUT2D eigenvalue weighted by atomic mass is 19.1. The lowest BCUT2D eigenvalue weighted by Crippen LogP contribution is -2.39. The number of ether oxygens (including phenoxy) is 1. The van der Waals surface area contributed by atoms with Crippen molar-refractivity contribution in [2.45, 2.75) is 25.9 Å². The van der Waals surface area contributed by atoms with E-state index < -0.39 is 11.6 Å². The number of nitrogens with zero attached hydrogens (tertiary/aromatic N) is 1. The summed E-state index contributed by atoms with van der Waals surface area (Å²) in [6, 6.07) is 21.6. The van der Waals surface area contributed by atoms with Crippen molar-refractivity contribution in [2.24, 2.45) is 0 Å². The van der Waals surface area contributed by atoms with Crippen LogP contribution < -0.4 is 20.9 Å². The summed E-state index contributed by atoms with van der Waals surface area (Å²) in [6.45, 7) is 2.04. The highest BCUT2D eigenvalue weighted by Crippen LogP contribution is 2.25. The Labute approximate surface area is 213 Å². The molecule has 1 aromatic heterocycles. The van der Waals surface area contributed by atoms with E-state index in [-0.39, 0.29) is 29.8 Å². The van der Waals surface area contributed by atoms with Gasteiger partial charge in [0.15, 0.2) is 0 Å². The molecule has 0 aliphatic carbocycles. The fraction of sp³-hybridized carbons (Fsp3) is 0.172. The molecule has 1 unspecified atom stereocenters. The molecular formula is C29H27F2N3O3. The van der Waals surface area contributed by atoms with Gasteiger partial charge in [-0.2, -0.15) is 0 Å². The first kappa shape index (κ1) is 25.8. The number of halogens is 2. The second-order valence-corrected chi connectivity index (χ2v) is 8.47. The molecule has 0 saturated heterocycles. The molecule has 0 radical (unpaired) electrons. The van der Waals surface area contributed by atoms with Gasteiger partial charge in [-0.15, -0.1) is 0 Å². The average molecular weight is 504 g/mol. The van der Waals surface area contributed by atoms with Crippen LogP contribution in [0.1, 0.15) is 18.9 Å². The number of nitrogens with one attached hydrogen (secondary N) is 2. The SMILES string of the molecule is CCC(NC)C(=O)Nc1ccc(-c2ccc(F)cc2)n(Cc2cccc(Oc3ccc(F)cc3)c2)c1=O. The van der Waals surface area contributed by atoms with Crippen LogP contribution in [0.4, 0.5) is 14.5 Å². The molecule has 4 aromatic rings. The first-order chi connectivity index (χ1) is 17.9. The number of aromatic nitrogens is 1. The van der Waals surface area contributed by atoms with Crippen LogP contribution in [0, 0.1) is 11.6 Å². The monoisotopic (exact) mass is 503 g/mol.